The van der Waals surface area contributed by atoms with Crippen LogP contribution in [0.15, 0.2) is 23.3 Å². The van der Waals surface area contributed by atoms with Crippen LogP contribution in [-0.2, 0) is 10.9 Å². The van der Waals surface area contributed by atoms with E-state index in [2.05, 4.69) is 20.6 Å². The SMILES string of the molecule is CCNC(=NCCCOC)NCCOc1ccc(C(F)(F)F)cn1. The van der Waals surface area contributed by atoms with E-state index in [4.69, 9.17) is 9.47 Å². The number of methoxy groups -OCH3 is 1. The molecule has 0 spiro atoms. The maximum Gasteiger partial charge on any atom is 0.417 e. The second-order valence-electron chi connectivity index (χ2n) is 4.77. The van der Waals surface area contributed by atoms with Gasteiger partial charge in [-0.15, -0.1) is 0 Å². The number of aromatic nitrogens is 1. The molecule has 0 amide bonds. The molecule has 1 heterocycles. The summed E-state index contributed by atoms with van der Waals surface area (Å²) in [6.45, 7) is 4.64. The van der Waals surface area contributed by atoms with Crippen LogP contribution in [0.4, 0.5) is 13.2 Å². The Morgan fingerprint density at radius 3 is 2.62 bits per heavy atom. The van der Waals surface area contributed by atoms with E-state index in [1.165, 1.54) is 6.07 Å². The quantitative estimate of drug-likeness (QED) is 0.406. The van der Waals surface area contributed by atoms with Gasteiger partial charge in [0.25, 0.3) is 0 Å². The third-order valence-electron chi connectivity index (χ3n) is 2.83. The fourth-order valence-corrected chi connectivity index (χ4v) is 1.70. The van der Waals surface area contributed by atoms with Crippen molar-refractivity contribution in [1.29, 1.82) is 0 Å². The smallest absolute Gasteiger partial charge is 0.417 e. The monoisotopic (exact) mass is 348 g/mol. The highest BCUT2D eigenvalue weighted by Crippen LogP contribution is 2.29. The molecule has 1 rings (SSSR count). The largest absolute Gasteiger partial charge is 0.476 e. The average molecular weight is 348 g/mol. The molecule has 0 aliphatic carbocycles. The van der Waals surface area contributed by atoms with Gasteiger partial charge in [0.15, 0.2) is 5.96 Å². The molecule has 1 aromatic heterocycles. The molecule has 1 aromatic rings. The first-order chi connectivity index (χ1) is 11.5. The molecule has 0 aromatic carbocycles. The average Bonchev–Trinajstić information content (AvgIpc) is 2.55. The predicted molar refractivity (Wildman–Crippen MR) is 85.2 cm³/mol. The lowest BCUT2D eigenvalue weighted by Gasteiger charge is -2.12. The van der Waals surface area contributed by atoms with Crippen LogP contribution >= 0.6 is 0 Å². The first-order valence-electron chi connectivity index (χ1n) is 7.64. The molecule has 6 nitrogen and oxygen atoms in total. The van der Waals surface area contributed by atoms with Gasteiger partial charge in [0.1, 0.15) is 6.61 Å². The third kappa shape index (κ3) is 8.00. The molecule has 0 unspecified atom stereocenters. The van der Waals surface area contributed by atoms with Crippen molar-refractivity contribution in [1.82, 2.24) is 15.6 Å². The van der Waals surface area contributed by atoms with E-state index in [0.717, 1.165) is 25.2 Å². The Labute approximate surface area is 139 Å². The number of nitrogens with zero attached hydrogens (tertiary/aromatic N) is 2. The van der Waals surface area contributed by atoms with Gasteiger partial charge in [-0.1, -0.05) is 0 Å². The van der Waals surface area contributed by atoms with Gasteiger partial charge >= 0.3 is 6.18 Å². The van der Waals surface area contributed by atoms with Crippen LogP contribution in [0.3, 0.4) is 0 Å². The van der Waals surface area contributed by atoms with Crippen molar-refractivity contribution < 1.29 is 22.6 Å². The van der Waals surface area contributed by atoms with Crippen LogP contribution in [0.2, 0.25) is 0 Å². The number of alkyl halides is 3. The first kappa shape index (κ1) is 20.0. The van der Waals surface area contributed by atoms with Crippen molar-refractivity contribution in [3.63, 3.8) is 0 Å². The number of pyridine rings is 1. The standard InChI is InChI=1S/C15H23F3N4O2/c1-3-19-14(20-7-4-9-23-2)21-8-10-24-13-6-5-12(11-22-13)15(16,17)18/h5-6,11H,3-4,7-10H2,1-2H3,(H2,19,20,21). The molecule has 0 aliphatic rings. The minimum atomic E-state index is -4.40. The lowest BCUT2D eigenvalue weighted by Crippen LogP contribution is -2.39. The van der Waals surface area contributed by atoms with Gasteiger partial charge in [0.2, 0.25) is 5.88 Å². The van der Waals surface area contributed by atoms with E-state index in [0.29, 0.717) is 25.7 Å². The summed E-state index contributed by atoms with van der Waals surface area (Å²) in [6, 6.07) is 2.14. The van der Waals surface area contributed by atoms with Crippen LogP contribution in [0.5, 0.6) is 5.88 Å². The summed E-state index contributed by atoms with van der Waals surface area (Å²) < 4.78 is 47.5. The van der Waals surface area contributed by atoms with E-state index < -0.39 is 11.7 Å². The number of guanidine groups is 1. The molecule has 0 radical (unpaired) electrons. The van der Waals surface area contributed by atoms with Crippen LogP contribution in [0.1, 0.15) is 18.9 Å². The number of nitrogens with one attached hydrogen (secondary N) is 2. The van der Waals surface area contributed by atoms with E-state index in [-0.39, 0.29) is 12.5 Å². The van der Waals surface area contributed by atoms with Gasteiger partial charge in [0.05, 0.1) is 12.1 Å². The molecule has 0 fully saturated rings. The Morgan fingerprint density at radius 1 is 1.25 bits per heavy atom. The summed E-state index contributed by atoms with van der Waals surface area (Å²) in [5.74, 6) is 0.796. The Morgan fingerprint density at radius 2 is 2.04 bits per heavy atom. The molecule has 2 N–H and O–H groups in total. The van der Waals surface area contributed by atoms with Crippen molar-refractivity contribution >= 4 is 5.96 Å². The molecule has 0 atom stereocenters. The molecule has 0 saturated carbocycles. The second-order valence-corrected chi connectivity index (χ2v) is 4.77. The molecular weight excluding hydrogens is 325 g/mol. The molecule has 0 saturated heterocycles. The van der Waals surface area contributed by atoms with E-state index in [1.807, 2.05) is 6.92 Å². The lowest BCUT2D eigenvalue weighted by atomic mass is 10.3. The Bertz CT molecular complexity index is 492. The number of hydrogen-bond donors (Lipinski definition) is 2. The van der Waals surface area contributed by atoms with Gasteiger partial charge in [-0.25, -0.2) is 4.98 Å². The Balaban J connectivity index is 2.34. The van der Waals surface area contributed by atoms with Gasteiger partial charge in [0, 0.05) is 39.1 Å². The highest BCUT2D eigenvalue weighted by molar-refractivity contribution is 5.79. The number of hydrogen-bond acceptors (Lipinski definition) is 4. The zero-order chi connectivity index (χ0) is 17.8. The summed E-state index contributed by atoms with van der Waals surface area (Å²) >= 11 is 0. The maximum atomic E-state index is 12.4. The summed E-state index contributed by atoms with van der Waals surface area (Å²) in [5.41, 5.74) is -0.800. The van der Waals surface area contributed by atoms with Crippen molar-refractivity contribution in [2.24, 2.45) is 4.99 Å². The first-order valence-corrected chi connectivity index (χ1v) is 7.64. The topological polar surface area (TPSA) is 67.8 Å². The summed E-state index contributed by atoms with van der Waals surface area (Å²) in [5, 5.41) is 6.15. The van der Waals surface area contributed by atoms with Crippen LogP contribution < -0.4 is 15.4 Å². The van der Waals surface area contributed by atoms with Crippen molar-refractivity contribution in [3.05, 3.63) is 23.9 Å². The second kappa shape index (κ2) is 10.7. The van der Waals surface area contributed by atoms with Crippen LogP contribution in [0, 0.1) is 0 Å². The zero-order valence-electron chi connectivity index (χ0n) is 13.8. The van der Waals surface area contributed by atoms with Crippen molar-refractivity contribution in [2.45, 2.75) is 19.5 Å². The van der Waals surface area contributed by atoms with Gasteiger partial charge in [-0.2, -0.15) is 13.2 Å². The van der Waals surface area contributed by atoms with Crippen molar-refractivity contribution in [2.75, 3.05) is 40.0 Å². The Hall–Kier alpha value is -2.03. The van der Waals surface area contributed by atoms with E-state index >= 15 is 0 Å². The molecule has 24 heavy (non-hydrogen) atoms. The number of rotatable bonds is 9. The number of ether oxygens (including phenoxy) is 2. The highest BCUT2D eigenvalue weighted by atomic mass is 19.4. The lowest BCUT2D eigenvalue weighted by molar-refractivity contribution is -0.137. The van der Waals surface area contributed by atoms with Gasteiger partial charge in [-0.3, -0.25) is 4.99 Å². The summed E-state index contributed by atoms with van der Waals surface area (Å²) in [4.78, 5) is 7.99. The number of halogens is 3. The van der Waals surface area contributed by atoms with Crippen LogP contribution in [-0.4, -0.2) is 50.9 Å². The van der Waals surface area contributed by atoms with Gasteiger partial charge in [-0.05, 0) is 19.4 Å². The molecular formula is C15H23F3N4O2. The van der Waals surface area contributed by atoms with Gasteiger partial charge < -0.3 is 20.1 Å². The third-order valence-corrected chi connectivity index (χ3v) is 2.83. The molecule has 0 aliphatic heterocycles. The maximum absolute atomic E-state index is 12.4. The van der Waals surface area contributed by atoms with E-state index in [9.17, 15) is 13.2 Å². The van der Waals surface area contributed by atoms with E-state index in [1.54, 1.807) is 7.11 Å². The molecule has 9 heteroatoms. The summed E-state index contributed by atoms with van der Waals surface area (Å²) in [6.07, 6.45) is -2.82. The summed E-state index contributed by atoms with van der Waals surface area (Å²) in [7, 11) is 1.64. The normalized spacial score (nSPS) is 12.1. The highest BCUT2D eigenvalue weighted by Gasteiger charge is 2.30. The fourth-order valence-electron chi connectivity index (χ4n) is 1.70. The number of aliphatic imine (C=N–C) groups is 1. The minimum Gasteiger partial charge on any atom is -0.476 e. The molecule has 136 valence electrons. The predicted octanol–water partition coefficient (Wildman–Crippen LogP) is 2.07. The minimum absolute atomic E-state index is 0.145. The fraction of sp³-hybridized carbons (Fsp3) is 0.600. The zero-order valence-corrected chi connectivity index (χ0v) is 13.8. The Kier molecular flexibility index (Phi) is 8.92. The molecule has 0 bridgehead atoms. The van der Waals surface area contributed by atoms with Crippen LogP contribution in [0.25, 0.3) is 0 Å². The van der Waals surface area contributed by atoms with Crippen molar-refractivity contribution in [3.8, 4) is 5.88 Å².